The lowest BCUT2D eigenvalue weighted by Gasteiger charge is -2.16. The number of nitrogens with one attached hydrogen (secondary N) is 2. The molecule has 6 heteroatoms. The van der Waals surface area contributed by atoms with Crippen molar-refractivity contribution in [2.24, 2.45) is 10.7 Å². The SMILES string of the molecule is CCNC(=NCCc1ccc(OCC(N)=O)cc1)NC1CCCC1. The van der Waals surface area contributed by atoms with Crippen LogP contribution in [0.4, 0.5) is 0 Å². The summed E-state index contributed by atoms with van der Waals surface area (Å²) in [7, 11) is 0. The molecule has 1 fully saturated rings. The van der Waals surface area contributed by atoms with Gasteiger partial charge in [0, 0.05) is 19.1 Å². The lowest BCUT2D eigenvalue weighted by atomic mass is 10.1. The van der Waals surface area contributed by atoms with Crippen LogP contribution in [0.25, 0.3) is 0 Å². The molecule has 1 aromatic carbocycles. The van der Waals surface area contributed by atoms with Crippen molar-refractivity contribution in [3.05, 3.63) is 29.8 Å². The average Bonchev–Trinajstić information content (AvgIpc) is 3.07. The quantitative estimate of drug-likeness (QED) is 0.498. The number of primary amides is 1. The number of nitrogens with zero attached hydrogens (tertiary/aromatic N) is 1. The number of hydrogen-bond donors (Lipinski definition) is 3. The summed E-state index contributed by atoms with van der Waals surface area (Å²) in [5.74, 6) is 1.09. The molecular formula is C18H28N4O2. The Labute approximate surface area is 143 Å². The fraction of sp³-hybridized carbons (Fsp3) is 0.556. The van der Waals surface area contributed by atoms with Crippen LogP contribution in [0.2, 0.25) is 0 Å². The van der Waals surface area contributed by atoms with E-state index in [1.165, 1.54) is 31.2 Å². The summed E-state index contributed by atoms with van der Waals surface area (Å²) in [5.41, 5.74) is 6.24. The van der Waals surface area contributed by atoms with Gasteiger partial charge >= 0.3 is 0 Å². The third-order valence-corrected chi connectivity index (χ3v) is 4.02. The third kappa shape index (κ3) is 6.48. The number of guanidine groups is 1. The van der Waals surface area contributed by atoms with Crippen LogP contribution in [0, 0.1) is 0 Å². The van der Waals surface area contributed by atoms with Crippen LogP contribution < -0.4 is 21.1 Å². The number of rotatable bonds is 8. The van der Waals surface area contributed by atoms with Gasteiger partial charge in [0.25, 0.3) is 5.91 Å². The van der Waals surface area contributed by atoms with Crippen LogP contribution in [-0.4, -0.2) is 37.6 Å². The first-order valence-corrected chi connectivity index (χ1v) is 8.72. The van der Waals surface area contributed by atoms with Gasteiger partial charge in [-0.15, -0.1) is 0 Å². The molecule has 0 aliphatic heterocycles. The number of carbonyl (C=O) groups is 1. The predicted molar refractivity (Wildman–Crippen MR) is 96.2 cm³/mol. The zero-order valence-electron chi connectivity index (χ0n) is 14.4. The van der Waals surface area contributed by atoms with Crippen LogP contribution in [0.3, 0.4) is 0 Å². The highest BCUT2D eigenvalue weighted by Crippen LogP contribution is 2.17. The second kappa shape index (κ2) is 9.80. The van der Waals surface area contributed by atoms with E-state index in [1.54, 1.807) is 0 Å². The summed E-state index contributed by atoms with van der Waals surface area (Å²) in [4.78, 5) is 15.3. The third-order valence-electron chi connectivity index (χ3n) is 4.02. The molecule has 0 heterocycles. The molecule has 0 aromatic heterocycles. The van der Waals surface area contributed by atoms with E-state index in [2.05, 4.69) is 22.5 Å². The predicted octanol–water partition coefficient (Wildman–Crippen LogP) is 1.59. The molecule has 1 saturated carbocycles. The lowest BCUT2D eigenvalue weighted by Crippen LogP contribution is -2.42. The van der Waals surface area contributed by atoms with Crippen LogP contribution in [0.5, 0.6) is 5.75 Å². The minimum Gasteiger partial charge on any atom is -0.484 e. The van der Waals surface area contributed by atoms with Crippen LogP contribution in [0.15, 0.2) is 29.3 Å². The average molecular weight is 332 g/mol. The first kappa shape index (κ1) is 18.1. The maximum Gasteiger partial charge on any atom is 0.255 e. The summed E-state index contributed by atoms with van der Waals surface area (Å²) in [5, 5.41) is 6.82. The smallest absolute Gasteiger partial charge is 0.255 e. The van der Waals surface area contributed by atoms with Crippen molar-refractivity contribution >= 4 is 11.9 Å². The fourth-order valence-electron chi connectivity index (χ4n) is 2.79. The monoisotopic (exact) mass is 332 g/mol. The number of aliphatic imine (C=N–C) groups is 1. The highest BCUT2D eigenvalue weighted by Gasteiger charge is 2.15. The number of hydrogen-bond acceptors (Lipinski definition) is 3. The maximum atomic E-state index is 10.7. The minimum atomic E-state index is -0.473. The molecule has 1 aliphatic rings. The van der Waals surface area contributed by atoms with Gasteiger partial charge in [-0.05, 0) is 43.9 Å². The first-order valence-electron chi connectivity index (χ1n) is 8.72. The Hall–Kier alpha value is -2.24. The van der Waals surface area contributed by atoms with Gasteiger partial charge in [-0.2, -0.15) is 0 Å². The number of carbonyl (C=O) groups excluding carboxylic acids is 1. The van der Waals surface area contributed by atoms with E-state index >= 15 is 0 Å². The Morgan fingerprint density at radius 3 is 2.62 bits per heavy atom. The molecule has 0 unspecified atom stereocenters. The van der Waals surface area contributed by atoms with Crippen molar-refractivity contribution in [2.75, 3.05) is 19.7 Å². The Morgan fingerprint density at radius 2 is 2.00 bits per heavy atom. The van der Waals surface area contributed by atoms with Crippen molar-refractivity contribution in [3.63, 3.8) is 0 Å². The van der Waals surface area contributed by atoms with E-state index in [1.807, 2.05) is 24.3 Å². The van der Waals surface area contributed by atoms with E-state index in [4.69, 9.17) is 10.5 Å². The minimum absolute atomic E-state index is 0.0947. The van der Waals surface area contributed by atoms with E-state index in [0.717, 1.165) is 25.5 Å². The van der Waals surface area contributed by atoms with Crippen LogP contribution in [-0.2, 0) is 11.2 Å². The molecule has 1 aliphatic carbocycles. The molecule has 0 spiro atoms. The van der Waals surface area contributed by atoms with Gasteiger partial charge in [0.1, 0.15) is 5.75 Å². The highest BCUT2D eigenvalue weighted by molar-refractivity contribution is 5.80. The standard InChI is InChI=1S/C18H28N4O2/c1-2-20-18(22-15-5-3-4-6-15)21-12-11-14-7-9-16(10-8-14)24-13-17(19)23/h7-10,15H,2-6,11-13H2,1H3,(H2,19,23)(H2,20,21,22). The van der Waals surface area contributed by atoms with Gasteiger partial charge in [0.15, 0.2) is 12.6 Å². The molecule has 0 atom stereocenters. The maximum absolute atomic E-state index is 10.7. The van der Waals surface area contributed by atoms with E-state index in [0.29, 0.717) is 11.8 Å². The van der Waals surface area contributed by atoms with Gasteiger partial charge in [-0.3, -0.25) is 9.79 Å². The normalized spacial score (nSPS) is 15.3. The zero-order chi connectivity index (χ0) is 17.2. The number of benzene rings is 1. The Kier molecular flexibility index (Phi) is 7.39. The summed E-state index contributed by atoms with van der Waals surface area (Å²) < 4.78 is 5.25. The Bertz CT molecular complexity index is 536. The molecule has 6 nitrogen and oxygen atoms in total. The number of amides is 1. The molecule has 132 valence electrons. The summed E-state index contributed by atoms with van der Waals surface area (Å²) in [6.07, 6.45) is 5.94. The van der Waals surface area contributed by atoms with E-state index in [9.17, 15) is 4.79 Å². The topological polar surface area (TPSA) is 88.7 Å². The van der Waals surface area contributed by atoms with Gasteiger partial charge in [0.05, 0.1) is 0 Å². The lowest BCUT2D eigenvalue weighted by molar-refractivity contribution is -0.119. The van der Waals surface area contributed by atoms with Crippen molar-refractivity contribution in [1.29, 1.82) is 0 Å². The van der Waals surface area contributed by atoms with Crippen LogP contribution in [0.1, 0.15) is 38.2 Å². The summed E-state index contributed by atoms with van der Waals surface area (Å²) in [6, 6.07) is 8.24. The molecule has 24 heavy (non-hydrogen) atoms. The zero-order valence-corrected chi connectivity index (χ0v) is 14.4. The van der Waals surface area contributed by atoms with Crippen molar-refractivity contribution in [1.82, 2.24) is 10.6 Å². The molecule has 4 N–H and O–H groups in total. The first-order chi connectivity index (χ1) is 11.7. The Morgan fingerprint density at radius 1 is 1.29 bits per heavy atom. The van der Waals surface area contributed by atoms with Gasteiger partial charge < -0.3 is 21.1 Å². The second-order valence-corrected chi connectivity index (χ2v) is 6.04. The van der Waals surface area contributed by atoms with Crippen molar-refractivity contribution in [2.45, 2.75) is 45.1 Å². The van der Waals surface area contributed by atoms with E-state index < -0.39 is 5.91 Å². The molecule has 2 rings (SSSR count). The van der Waals surface area contributed by atoms with Gasteiger partial charge in [0.2, 0.25) is 0 Å². The molecule has 0 radical (unpaired) electrons. The van der Waals surface area contributed by atoms with Gasteiger partial charge in [-0.1, -0.05) is 25.0 Å². The molecule has 0 saturated heterocycles. The van der Waals surface area contributed by atoms with Crippen molar-refractivity contribution < 1.29 is 9.53 Å². The Balaban J connectivity index is 1.80. The van der Waals surface area contributed by atoms with Crippen molar-refractivity contribution in [3.8, 4) is 5.75 Å². The molecular weight excluding hydrogens is 304 g/mol. The number of nitrogens with two attached hydrogens (primary N) is 1. The van der Waals surface area contributed by atoms with E-state index in [-0.39, 0.29) is 6.61 Å². The molecule has 1 amide bonds. The number of ether oxygens (including phenoxy) is 1. The highest BCUT2D eigenvalue weighted by atomic mass is 16.5. The second-order valence-electron chi connectivity index (χ2n) is 6.04. The summed E-state index contributed by atoms with van der Waals surface area (Å²) >= 11 is 0. The van der Waals surface area contributed by atoms with Gasteiger partial charge in [-0.25, -0.2) is 0 Å². The fourth-order valence-corrected chi connectivity index (χ4v) is 2.79. The largest absolute Gasteiger partial charge is 0.484 e. The molecule has 0 bridgehead atoms. The summed E-state index contributed by atoms with van der Waals surface area (Å²) in [6.45, 7) is 3.58. The van der Waals surface area contributed by atoms with Crippen LogP contribution >= 0.6 is 0 Å². The molecule has 1 aromatic rings.